The summed E-state index contributed by atoms with van der Waals surface area (Å²) in [4.78, 5) is 44.4. The minimum Gasteiger partial charge on any atom is -0.336 e. The lowest BCUT2D eigenvalue weighted by atomic mass is 9.97. The van der Waals surface area contributed by atoms with Crippen LogP contribution in [0.1, 0.15) is 63.8 Å². The van der Waals surface area contributed by atoms with Crippen molar-refractivity contribution in [3.8, 4) is 11.3 Å². The summed E-state index contributed by atoms with van der Waals surface area (Å²) in [5, 5.41) is 6.22. The maximum Gasteiger partial charge on any atom is 0.293 e. The monoisotopic (exact) mass is 540 g/mol. The van der Waals surface area contributed by atoms with Crippen molar-refractivity contribution in [2.24, 2.45) is 7.05 Å². The number of carbonyl (C=O) groups is 2. The molecule has 2 aromatic carbocycles. The van der Waals surface area contributed by atoms with Gasteiger partial charge in [-0.15, -0.1) is 11.3 Å². The van der Waals surface area contributed by atoms with Crippen molar-refractivity contribution in [1.82, 2.24) is 9.55 Å². The molecule has 0 bridgehead atoms. The van der Waals surface area contributed by atoms with Crippen LogP contribution in [-0.2, 0) is 24.7 Å². The van der Waals surface area contributed by atoms with E-state index in [9.17, 15) is 14.4 Å². The number of nitrogens with zero attached hydrogens (tertiary/aromatic N) is 2. The molecule has 8 heteroatoms. The van der Waals surface area contributed by atoms with Gasteiger partial charge < -0.3 is 15.2 Å². The zero-order valence-corrected chi connectivity index (χ0v) is 23.4. The van der Waals surface area contributed by atoms with Gasteiger partial charge in [0, 0.05) is 41.0 Å². The second-order valence-electron chi connectivity index (χ2n) is 10.2. The Morgan fingerprint density at radius 1 is 1.08 bits per heavy atom. The number of aryl methyl sites for hydroxylation is 3. The molecule has 2 heterocycles. The second kappa shape index (κ2) is 11.0. The second-order valence-corrected chi connectivity index (χ2v) is 11.3. The van der Waals surface area contributed by atoms with Gasteiger partial charge in [0.25, 0.3) is 11.5 Å². The average Bonchev–Trinajstić information content (AvgIpc) is 3.37. The highest BCUT2D eigenvalue weighted by Gasteiger charge is 2.19. The Bertz CT molecular complexity index is 1590. The third-order valence-electron chi connectivity index (χ3n) is 7.43. The number of rotatable bonds is 7. The highest BCUT2D eigenvalue weighted by atomic mass is 32.1. The summed E-state index contributed by atoms with van der Waals surface area (Å²) in [5.41, 5.74) is 5.68. The number of ketones is 1. The first-order valence-corrected chi connectivity index (χ1v) is 14.0. The number of nitrogens with one attached hydrogen (secondary N) is 2. The molecule has 0 spiro atoms. The van der Waals surface area contributed by atoms with Crippen molar-refractivity contribution < 1.29 is 9.59 Å². The molecule has 2 aromatic heterocycles. The van der Waals surface area contributed by atoms with Crippen molar-refractivity contribution in [2.45, 2.75) is 52.4 Å². The van der Waals surface area contributed by atoms with Crippen LogP contribution in [0, 0.1) is 6.92 Å². The van der Waals surface area contributed by atoms with Crippen LogP contribution >= 0.6 is 11.3 Å². The summed E-state index contributed by atoms with van der Waals surface area (Å²) < 4.78 is 1.50. The van der Waals surface area contributed by atoms with E-state index in [2.05, 4.69) is 15.6 Å². The first-order valence-electron chi connectivity index (χ1n) is 13.2. The summed E-state index contributed by atoms with van der Waals surface area (Å²) >= 11 is 1.59. The zero-order chi connectivity index (χ0) is 27.7. The molecule has 0 aliphatic heterocycles. The topological polar surface area (TPSA) is 93.1 Å². The minimum absolute atomic E-state index is 0.0993. The molecule has 1 aliphatic carbocycles. The highest BCUT2D eigenvalue weighted by Crippen LogP contribution is 2.32. The quantitative estimate of drug-likeness (QED) is 0.284. The number of hydrogen-bond acceptors (Lipinski definition) is 6. The van der Waals surface area contributed by atoms with Gasteiger partial charge in [-0.3, -0.25) is 14.4 Å². The van der Waals surface area contributed by atoms with E-state index < -0.39 is 0 Å². The van der Waals surface area contributed by atoms with E-state index in [1.807, 2.05) is 62.4 Å². The van der Waals surface area contributed by atoms with Crippen LogP contribution in [-0.4, -0.2) is 21.2 Å². The number of carbonyl (C=O) groups excluding carboxylic acids is 2. The van der Waals surface area contributed by atoms with Crippen molar-refractivity contribution in [3.63, 3.8) is 0 Å². The predicted octanol–water partition coefficient (Wildman–Crippen LogP) is 6.38. The Morgan fingerprint density at radius 2 is 1.82 bits per heavy atom. The largest absolute Gasteiger partial charge is 0.336 e. The number of amides is 1. The van der Waals surface area contributed by atoms with E-state index in [1.54, 1.807) is 31.5 Å². The number of benzene rings is 2. The van der Waals surface area contributed by atoms with Crippen LogP contribution in [0.2, 0.25) is 0 Å². The van der Waals surface area contributed by atoms with Crippen LogP contribution in [0.25, 0.3) is 11.3 Å². The number of thiophene rings is 1. The van der Waals surface area contributed by atoms with Crippen molar-refractivity contribution in [1.29, 1.82) is 0 Å². The van der Waals surface area contributed by atoms with Gasteiger partial charge in [0.05, 0.1) is 10.6 Å². The van der Waals surface area contributed by atoms with Gasteiger partial charge in [-0.2, -0.15) is 0 Å². The van der Waals surface area contributed by atoms with E-state index in [0.29, 0.717) is 17.1 Å². The Kier molecular flexibility index (Phi) is 7.48. The molecule has 2 N–H and O–H groups in total. The van der Waals surface area contributed by atoms with Crippen LogP contribution in [0.5, 0.6) is 0 Å². The molecule has 1 atom stereocenters. The summed E-state index contributed by atoms with van der Waals surface area (Å²) in [6.07, 6.45) is 6.16. The minimum atomic E-state index is -0.260. The van der Waals surface area contributed by atoms with Gasteiger partial charge in [0.15, 0.2) is 5.82 Å². The molecular formula is C31H32N4O3S. The SMILES string of the molecule is CC(=O)C(C)c1ccc(Nc2nc(-c3cccc(NC(=O)c4cc5c(s4)CCCC5)c3C)cn(C)c2=O)cc1. The van der Waals surface area contributed by atoms with Gasteiger partial charge in [0.2, 0.25) is 0 Å². The molecule has 0 radical (unpaired) electrons. The Morgan fingerprint density at radius 3 is 2.54 bits per heavy atom. The lowest BCUT2D eigenvalue weighted by molar-refractivity contribution is -0.118. The fourth-order valence-corrected chi connectivity index (χ4v) is 6.03. The molecule has 4 aromatic rings. The van der Waals surface area contributed by atoms with Crippen LogP contribution < -0.4 is 16.2 Å². The van der Waals surface area contributed by atoms with Gasteiger partial charge in [-0.1, -0.05) is 31.2 Å². The lowest BCUT2D eigenvalue weighted by Crippen LogP contribution is -2.21. The Labute approximate surface area is 231 Å². The van der Waals surface area contributed by atoms with Gasteiger partial charge in [-0.05, 0) is 80.5 Å². The molecule has 39 heavy (non-hydrogen) atoms. The maximum absolute atomic E-state index is 13.1. The number of fused-ring (bicyclic) bond motifs is 1. The van der Waals surface area contributed by atoms with Crippen molar-refractivity contribution >= 4 is 40.2 Å². The normalized spacial score (nSPS) is 13.4. The third-order valence-corrected chi connectivity index (χ3v) is 8.67. The van der Waals surface area contributed by atoms with Crippen molar-refractivity contribution in [2.75, 3.05) is 10.6 Å². The molecule has 7 nitrogen and oxygen atoms in total. The zero-order valence-electron chi connectivity index (χ0n) is 22.6. The molecule has 1 unspecified atom stereocenters. The van der Waals surface area contributed by atoms with E-state index in [-0.39, 0.29) is 29.0 Å². The third kappa shape index (κ3) is 5.56. The van der Waals surface area contributed by atoms with Gasteiger partial charge >= 0.3 is 0 Å². The van der Waals surface area contributed by atoms with E-state index in [4.69, 9.17) is 0 Å². The maximum atomic E-state index is 13.1. The van der Waals surface area contributed by atoms with E-state index in [1.165, 1.54) is 27.8 Å². The highest BCUT2D eigenvalue weighted by molar-refractivity contribution is 7.14. The van der Waals surface area contributed by atoms with Gasteiger partial charge in [0.1, 0.15) is 5.78 Å². The molecule has 5 rings (SSSR count). The van der Waals surface area contributed by atoms with Gasteiger partial charge in [-0.25, -0.2) is 4.98 Å². The fraction of sp³-hybridized carbons (Fsp3) is 0.290. The summed E-state index contributed by atoms with van der Waals surface area (Å²) in [7, 11) is 1.69. The Hall–Kier alpha value is -4.04. The average molecular weight is 541 g/mol. The molecule has 0 fully saturated rings. The number of aromatic nitrogens is 2. The molecule has 0 saturated carbocycles. The van der Waals surface area contributed by atoms with Crippen LogP contribution in [0.4, 0.5) is 17.2 Å². The van der Waals surface area contributed by atoms with Crippen LogP contribution in [0.15, 0.2) is 59.5 Å². The fourth-order valence-electron chi connectivity index (χ4n) is 4.88. The first kappa shape index (κ1) is 26.6. The Balaban J connectivity index is 1.40. The molecule has 1 aliphatic rings. The van der Waals surface area contributed by atoms with Crippen LogP contribution in [0.3, 0.4) is 0 Å². The molecular weight excluding hydrogens is 508 g/mol. The number of hydrogen-bond donors (Lipinski definition) is 2. The summed E-state index contributed by atoms with van der Waals surface area (Å²) in [6, 6.07) is 15.2. The summed E-state index contributed by atoms with van der Waals surface area (Å²) in [5.74, 6) is 0.00453. The number of Topliss-reactive ketones (excluding diaryl/α,β-unsaturated/α-hetero) is 1. The first-order chi connectivity index (χ1) is 18.7. The standard InChI is InChI=1S/C31H32N4O3S/c1-18(20(3)36)21-12-14-23(15-13-21)32-29-31(38)35(4)17-26(33-29)24-9-7-10-25(19(24)2)34-30(37)28-16-22-8-5-6-11-27(22)39-28/h7,9-10,12-18H,5-6,8,11H2,1-4H3,(H,32,33)(H,34,37). The predicted molar refractivity (Wildman–Crippen MR) is 157 cm³/mol. The molecule has 200 valence electrons. The summed E-state index contributed by atoms with van der Waals surface area (Å²) in [6.45, 7) is 5.39. The number of anilines is 3. The molecule has 1 amide bonds. The molecule has 0 saturated heterocycles. The lowest BCUT2D eigenvalue weighted by Gasteiger charge is -2.14. The smallest absolute Gasteiger partial charge is 0.293 e. The van der Waals surface area contributed by atoms with Crippen molar-refractivity contribution in [3.05, 3.63) is 91.5 Å². The van der Waals surface area contributed by atoms with E-state index in [0.717, 1.165) is 34.4 Å². The van der Waals surface area contributed by atoms with E-state index >= 15 is 0 Å².